The van der Waals surface area contributed by atoms with Gasteiger partial charge in [-0.25, -0.2) is 0 Å². The van der Waals surface area contributed by atoms with Crippen molar-refractivity contribution >= 4 is 0 Å². The topological polar surface area (TPSA) is 48.1 Å². The third kappa shape index (κ3) is 2.71. The monoisotopic (exact) mass is 308 g/mol. The summed E-state index contributed by atoms with van der Waals surface area (Å²) in [6, 6.07) is 8.26. The van der Waals surface area contributed by atoms with Crippen molar-refractivity contribution in [2.75, 3.05) is 13.2 Å². The molecule has 6 heteroatoms. The van der Waals surface area contributed by atoms with Crippen molar-refractivity contribution in [1.29, 1.82) is 0 Å². The van der Waals surface area contributed by atoms with E-state index in [4.69, 9.17) is 10.5 Å². The zero-order valence-corrected chi connectivity index (χ0v) is 11.7. The van der Waals surface area contributed by atoms with Crippen LogP contribution in [0.3, 0.4) is 0 Å². The van der Waals surface area contributed by atoms with Crippen molar-refractivity contribution in [3.05, 3.63) is 53.3 Å². The highest BCUT2D eigenvalue weighted by molar-refractivity contribution is 5.69. The summed E-state index contributed by atoms with van der Waals surface area (Å²) in [5.41, 5.74) is 8.04. The Morgan fingerprint density at radius 2 is 2.09 bits per heavy atom. The quantitative estimate of drug-likeness (QED) is 0.925. The van der Waals surface area contributed by atoms with Crippen LogP contribution in [0, 0.1) is 0 Å². The van der Waals surface area contributed by atoms with Crippen molar-refractivity contribution in [3.63, 3.8) is 0 Å². The molecule has 116 valence electrons. The molecule has 3 rings (SSSR count). The molecule has 0 radical (unpaired) electrons. The molecule has 1 aromatic heterocycles. The molecule has 1 aliphatic rings. The van der Waals surface area contributed by atoms with E-state index in [1.807, 2.05) is 12.1 Å². The number of halogens is 3. The van der Waals surface area contributed by atoms with Crippen LogP contribution in [0.4, 0.5) is 13.2 Å². The molecule has 0 saturated heterocycles. The number of rotatable bonds is 2. The number of aromatic nitrogens is 1. The summed E-state index contributed by atoms with van der Waals surface area (Å²) in [5.74, 6) is 0.0765. The van der Waals surface area contributed by atoms with Gasteiger partial charge in [0.15, 0.2) is 0 Å². The molecule has 0 fully saturated rings. The smallest absolute Gasteiger partial charge is 0.376 e. The van der Waals surface area contributed by atoms with Gasteiger partial charge in [-0.05, 0) is 34.4 Å². The number of benzene rings is 1. The molecule has 1 aromatic carbocycles. The molecule has 22 heavy (non-hydrogen) atoms. The van der Waals surface area contributed by atoms with Gasteiger partial charge < -0.3 is 10.5 Å². The summed E-state index contributed by atoms with van der Waals surface area (Å²) < 4.78 is 44.0. The summed E-state index contributed by atoms with van der Waals surface area (Å²) in [6.07, 6.45) is -3.28. The number of nitrogens with two attached hydrogens (primary N) is 1. The Morgan fingerprint density at radius 3 is 2.82 bits per heavy atom. The fraction of sp³-hybridized carbons (Fsp3) is 0.312. The molecule has 2 N–H and O–H groups in total. The summed E-state index contributed by atoms with van der Waals surface area (Å²) in [6.45, 7) is 1.36. The number of hydrogen-bond donors (Lipinski definition) is 1. The van der Waals surface area contributed by atoms with Crippen LogP contribution in [-0.4, -0.2) is 18.1 Å². The van der Waals surface area contributed by atoms with Gasteiger partial charge >= 0.3 is 6.18 Å². The second-order valence-electron chi connectivity index (χ2n) is 5.25. The second-order valence-corrected chi connectivity index (χ2v) is 5.25. The lowest BCUT2D eigenvalue weighted by molar-refractivity contribution is -0.141. The van der Waals surface area contributed by atoms with Crippen LogP contribution >= 0.6 is 0 Å². The summed E-state index contributed by atoms with van der Waals surface area (Å²) in [4.78, 5) is 3.40. The van der Waals surface area contributed by atoms with Gasteiger partial charge in [0.25, 0.3) is 0 Å². The lowest BCUT2D eigenvalue weighted by Gasteiger charge is -2.26. The van der Waals surface area contributed by atoms with Gasteiger partial charge in [-0.15, -0.1) is 0 Å². The van der Waals surface area contributed by atoms with Crippen molar-refractivity contribution in [3.8, 4) is 11.1 Å². The van der Waals surface area contributed by atoms with Crippen LogP contribution in [0.25, 0.3) is 11.1 Å². The maximum atomic E-state index is 12.8. The van der Waals surface area contributed by atoms with Crippen LogP contribution in [0.15, 0.2) is 36.5 Å². The van der Waals surface area contributed by atoms with E-state index in [1.165, 1.54) is 6.20 Å². The molecule has 1 aliphatic heterocycles. The SMILES string of the molecule is NC[C@H]1COCc2c(-c3ccnc(C(F)(F)F)c3)cccc21. The standard InChI is InChI=1S/C16H15F3N2O/c17-16(18,19)15-6-10(4-5-21-15)12-2-1-3-13-11(7-20)8-22-9-14(12)13/h1-6,11H,7-9,20H2/t11-/m0/s1. The number of ether oxygens (including phenoxy) is 1. The van der Waals surface area contributed by atoms with Gasteiger partial charge in [0.2, 0.25) is 0 Å². The van der Waals surface area contributed by atoms with Gasteiger partial charge in [0.1, 0.15) is 5.69 Å². The van der Waals surface area contributed by atoms with E-state index in [9.17, 15) is 13.2 Å². The number of pyridine rings is 1. The maximum Gasteiger partial charge on any atom is 0.433 e. The molecule has 0 saturated carbocycles. The zero-order valence-electron chi connectivity index (χ0n) is 11.7. The van der Waals surface area contributed by atoms with Crippen molar-refractivity contribution < 1.29 is 17.9 Å². The molecule has 2 heterocycles. The van der Waals surface area contributed by atoms with E-state index in [-0.39, 0.29) is 5.92 Å². The Kier molecular flexibility index (Phi) is 3.88. The van der Waals surface area contributed by atoms with E-state index in [2.05, 4.69) is 4.98 Å². The fourth-order valence-corrected chi connectivity index (χ4v) is 2.76. The first-order chi connectivity index (χ1) is 10.5. The minimum Gasteiger partial charge on any atom is -0.376 e. The first-order valence-electron chi connectivity index (χ1n) is 6.94. The molecule has 0 aliphatic carbocycles. The average Bonchev–Trinajstić information content (AvgIpc) is 2.53. The van der Waals surface area contributed by atoms with Crippen LogP contribution in [0.1, 0.15) is 22.7 Å². The third-order valence-corrected chi connectivity index (χ3v) is 3.86. The van der Waals surface area contributed by atoms with Crippen molar-refractivity contribution in [2.24, 2.45) is 5.73 Å². The molecule has 3 nitrogen and oxygen atoms in total. The van der Waals surface area contributed by atoms with Gasteiger partial charge in [0.05, 0.1) is 13.2 Å². The second kappa shape index (κ2) is 5.70. The Morgan fingerprint density at radius 1 is 1.27 bits per heavy atom. The van der Waals surface area contributed by atoms with E-state index in [0.29, 0.717) is 25.3 Å². The van der Waals surface area contributed by atoms with Gasteiger partial charge in [-0.2, -0.15) is 13.2 Å². The van der Waals surface area contributed by atoms with Gasteiger partial charge in [-0.3, -0.25) is 4.98 Å². The Labute approximate surface area is 125 Å². The van der Waals surface area contributed by atoms with E-state index in [1.54, 1.807) is 12.1 Å². The summed E-state index contributed by atoms with van der Waals surface area (Å²) >= 11 is 0. The normalized spacial score (nSPS) is 18.1. The van der Waals surface area contributed by atoms with Crippen LogP contribution in [0.2, 0.25) is 0 Å². The molecular weight excluding hydrogens is 293 g/mol. The molecule has 1 atom stereocenters. The summed E-state index contributed by atoms with van der Waals surface area (Å²) in [5, 5.41) is 0. The minimum absolute atomic E-state index is 0.0765. The molecule has 0 unspecified atom stereocenters. The Hall–Kier alpha value is -1.92. The number of fused-ring (bicyclic) bond motifs is 1. The van der Waals surface area contributed by atoms with Gasteiger partial charge in [0, 0.05) is 18.7 Å². The van der Waals surface area contributed by atoms with E-state index >= 15 is 0 Å². The lowest BCUT2D eigenvalue weighted by Crippen LogP contribution is -2.24. The highest BCUT2D eigenvalue weighted by Gasteiger charge is 2.33. The van der Waals surface area contributed by atoms with Gasteiger partial charge in [-0.1, -0.05) is 18.2 Å². The van der Waals surface area contributed by atoms with Crippen molar-refractivity contribution in [1.82, 2.24) is 4.98 Å². The fourth-order valence-electron chi connectivity index (χ4n) is 2.76. The number of hydrogen-bond acceptors (Lipinski definition) is 3. The van der Waals surface area contributed by atoms with Crippen molar-refractivity contribution in [2.45, 2.75) is 18.7 Å². The highest BCUT2D eigenvalue weighted by Crippen LogP contribution is 2.36. The van der Waals surface area contributed by atoms with Crippen LogP contribution in [-0.2, 0) is 17.5 Å². The lowest BCUT2D eigenvalue weighted by atomic mass is 9.88. The summed E-state index contributed by atoms with van der Waals surface area (Å²) in [7, 11) is 0. The first-order valence-corrected chi connectivity index (χ1v) is 6.94. The first kappa shape index (κ1) is 15.0. The number of nitrogens with zero attached hydrogens (tertiary/aromatic N) is 1. The van der Waals surface area contributed by atoms with E-state index < -0.39 is 11.9 Å². The minimum atomic E-state index is -4.46. The molecule has 0 spiro atoms. The highest BCUT2D eigenvalue weighted by atomic mass is 19.4. The third-order valence-electron chi connectivity index (χ3n) is 3.86. The molecule has 2 aromatic rings. The van der Waals surface area contributed by atoms with Crippen LogP contribution in [0.5, 0.6) is 0 Å². The number of alkyl halides is 3. The van der Waals surface area contributed by atoms with E-state index in [0.717, 1.165) is 22.8 Å². The molecule has 0 amide bonds. The largest absolute Gasteiger partial charge is 0.433 e. The molecule has 0 bridgehead atoms. The predicted molar refractivity (Wildman–Crippen MR) is 76.1 cm³/mol. The van der Waals surface area contributed by atoms with Crippen LogP contribution < -0.4 is 5.73 Å². The molecular formula is C16H15F3N2O. The average molecular weight is 308 g/mol. The Bertz CT molecular complexity index is 685. The maximum absolute atomic E-state index is 12.8. The predicted octanol–water partition coefficient (Wildman–Crippen LogP) is 3.34. The Balaban J connectivity index is 2.10. The zero-order chi connectivity index (χ0) is 15.7.